The second-order valence-corrected chi connectivity index (χ2v) is 7.86. The third-order valence-corrected chi connectivity index (χ3v) is 4.16. The highest BCUT2D eigenvalue weighted by Crippen LogP contribution is 2.22. The van der Waals surface area contributed by atoms with Crippen molar-refractivity contribution in [2.75, 3.05) is 19.7 Å². The number of halogens is 1. The first kappa shape index (κ1) is 25.3. The summed E-state index contributed by atoms with van der Waals surface area (Å²) in [7, 11) is 0. The van der Waals surface area contributed by atoms with E-state index in [9.17, 15) is 0 Å². The molecule has 0 aliphatic carbocycles. The summed E-state index contributed by atoms with van der Waals surface area (Å²) in [4.78, 5) is 8.88. The summed E-state index contributed by atoms with van der Waals surface area (Å²) < 4.78 is 11.5. The number of oxazole rings is 1. The molecule has 0 amide bonds. The fourth-order valence-electron chi connectivity index (χ4n) is 2.48. The van der Waals surface area contributed by atoms with Crippen molar-refractivity contribution in [1.82, 2.24) is 15.6 Å². The van der Waals surface area contributed by atoms with Gasteiger partial charge in [-0.05, 0) is 38.8 Å². The van der Waals surface area contributed by atoms with Crippen LogP contribution in [0.25, 0.3) is 0 Å². The van der Waals surface area contributed by atoms with Gasteiger partial charge in [0, 0.05) is 18.5 Å². The van der Waals surface area contributed by atoms with Crippen LogP contribution < -0.4 is 15.4 Å². The Hall–Kier alpha value is -1.77. The van der Waals surface area contributed by atoms with Crippen molar-refractivity contribution in [2.45, 2.75) is 59.4 Å². The first-order chi connectivity index (χ1) is 13.4. The topological polar surface area (TPSA) is 71.7 Å². The number of hydrogen-bond acceptors (Lipinski definition) is 4. The van der Waals surface area contributed by atoms with E-state index < -0.39 is 0 Å². The van der Waals surface area contributed by atoms with E-state index in [0.29, 0.717) is 19.0 Å². The van der Waals surface area contributed by atoms with Crippen LogP contribution in [0.4, 0.5) is 0 Å². The molecule has 0 radical (unpaired) electrons. The molecule has 6 nitrogen and oxygen atoms in total. The van der Waals surface area contributed by atoms with Gasteiger partial charge in [-0.2, -0.15) is 0 Å². The van der Waals surface area contributed by atoms with Gasteiger partial charge in [-0.1, -0.05) is 38.5 Å². The summed E-state index contributed by atoms with van der Waals surface area (Å²) in [6.07, 6.45) is 3.78. The summed E-state index contributed by atoms with van der Waals surface area (Å²) in [5.41, 5.74) is 1.20. The molecule has 0 saturated heterocycles. The highest BCUT2D eigenvalue weighted by molar-refractivity contribution is 14.0. The van der Waals surface area contributed by atoms with Crippen LogP contribution in [0.1, 0.15) is 57.8 Å². The Morgan fingerprint density at radius 2 is 1.86 bits per heavy atom. The predicted octanol–water partition coefficient (Wildman–Crippen LogP) is 4.81. The van der Waals surface area contributed by atoms with Crippen molar-refractivity contribution < 1.29 is 9.15 Å². The van der Waals surface area contributed by atoms with E-state index in [0.717, 1.165) is 43.4 Å². The average Bonchev–Trinajstić information content (AvgIpc) is 3.13. The van der Waals surface area contributed by atoms with E-state index in [1.807, 2.05) is 12.1 Å². The molecule has 162 valence electrons. The molecule has 2 aromatic rings. The minimum absolute atomic E-state index is 0. The monoisotopic (exact) mass is 514 g/mol. The zero-order valence-electron chi connectivity index (χ0n) is 18.2. The van der Waals surface area contributed by atoms with Gasteiger partial charge < -0.3 is 19.8 Å². The number of aryl methyl sites for hydroxylation is 1. The summed E-state index contributed by atoms with van der Waals surface area (Å²) in [5.74, 6) is 3.21. The molecule has 0 aliphatic heterocycles. The Bertz CT molecular complexity index is 736. The van der Waals surface area contributed by atoms with E-state index in [1.165, 1.54) is 5.56 Å². The SMILES string of the molecule is CCNC(=NCc1ncc(C(C)(C)C)o1)NCCCCOc1ccc(C)cc1.I. The fourth-order valence-corrected chi connectivity index (χ4v) is 2.48. The Labute approximate surface area is 191 Å². The number of aromatic nitrogens is 1. The molecule has 0 fully saturated rings. The van der Waals surface area contributed by atoms with Crippen molar-refractivity contribution in [1.29, 1.82) is 0 Å². The van der Waals surface area contributed by atoms with Crippen LogP contribution in [0.15, 0.2) is 39.9 Å². The zero-order chi connectivity index (χ0) is 20.4. The minimum atomic E-state index is -0.0433. The lowest BCUT2D eigenvalue weighted by Gasteiger charge is -2.13. The van der Waals surface area contributed by atoms with E-state index >= 15 is 0 Å². The highest BCUT2D eigenvalue weighted by Gasteiger charge is 2.18. The number of nitrogens with one attached hydrogen (secondary N) is 2. The molecule has 0 spiro atoms. The summed E-state index contributed by atoms with van der Waals surface area (Å²) in [5, 5.41) is 6.60. The number of rotatable bonds is 9. The molecule has 0 atom stereocenters. The van der Waals surface area contributed by atoms with E-state index in [2.05, 4.69) is 67.4 Å². The molecular formula is C22H35IN4O2. The van der Waals surface area contributed by atoms with E-state index in [4.69, 9.17) is 9.15 Å². The third-order valence-electron chi connectivity index (χ3n) is 4.16. The largest absolute Gasteiger partial charge is 0.494 e. The number of unbranched alkanes of at least 4 members (excludes halogenated alkanes) is 1. The van der Waals surface area contributed by atoms with Gasteiger partial charge in [0.25, 0.3) is 0 Å². The maximum absolute atomic E-state index is 5.79. The van der Waals surface area contributed by atoms with Crippen molar-refractivity contribution in [2.24, 2.45) is 4.99 Å². The highest BCUT2D eigenvalue weighted by atomic mass is 127. The van der Waals surface area contributed by atoms with Gasteiger partial charge in [0.1, 0.15) is 18.1 Å². The van der Waals surface area contributed by atoms with Gasteiger partial charge in [0.2, 0.25) is 5.89 Å². The Kier molecular flexibility index (Phi) is 11.1. The molecule has 0 aliphatic rings. The Balaban J connectivity index is 0.00000420. The number of guanidine groups is 1. The van der Waals surface area contributed by atoms with Crippen molar-refractivity contribution in [3.8, 4) is 5.75 Å². The van der Waals surface area contributed by atoms with Crippen molar-refractivity contribution in [3.05, 3.63) is 47.7 Å². The molecule has 0 saturated carbocycles. The lowest BCUT2D eigenvalue weighted by Crippen LogP contribution is -2.37. The standard InChI is InChI=1S/C22H34N4O2.HI/c1-6-23-21(26-16-20-25-15-19(28-20)22(3,4)5)24-13-7-8-14-27-18-11-9-17(2)10-12-18;/h9-12,15H,6-8,13-14,16H2,1-5H3,(H2,23,24,26);1H. The summed E-state index contributed by atoms with van der Waals surface area (Å²) in [6.45, 7) is 13.2. The summed E-state index contributed by atoms with van der Waals surface area (Å²) >= 11 is 0. The molecule has 1 heterocycles. The van der Waals surface area contributed by atoms with Crippen LogP contribution >= 0.6 is 24.0 Å². The van der Waals surface area contributed by atoms with Crippen LogP contribution in [0.5, 0.6) is 5.75 Å². The number of nitrogens with zero attached hydrogens (tertiary/aromatic N) is 2. The normalized spacial score (nSPS) is 11.7. The molecule has 7 heteroatoms. The average molecular weight is 514 g/mol. The van der Waals surface area contributed by atoms with Gasteiger partial charge in [-0.3, -0.25) is 0 Å². The maximum Gasteiger partial charge on any atom is 0.216 e. The molecule has 0 bridgehead atoms. The maximum atomic E-state index is 5.79. The summed E-state index contributed by atoms with van der Waals surface area (Å²) in [6, 6.07) is 8.15. The van der Waals surface area contributed by atoms with E-state index in [1.54, 1.807) is 6.20 Å². The molecule has 29 heavy (non-hydrogen) atoms. The van der Waals surface area contributed by atoms with Gasteiger partial charge in [0.05, 0.1) is 12.8 Å². The van der Waals surface area contributed by atoms with Crippen molar-refractivity contribution in [3.63, 3.8) is 0 Å². The van der Waals surface area contributed by atoms with Crippen LogP contribution in [0, 0.1) is 6.92 Å². The van der Waals surface area contributed by atoms with Crippen LogP contribution in [0.2, 0.25) is 0 Å². The quantitative estimate of drug-likeness (QED) is 0.218. The zero-order valence-corrected chi connectivity index (χ0v) is 20.6. The van der Waals surface area contributed by atoms with Crippen LogP contribution in [0.3, 0.4) is 0 Å². The molecule has 2 N–H and O–H groups in total. The Morgan fingerprint density at radius 1 is 1.14 bits per heavy atom. The number of aliphatic imine (C=N–C) groups is 1. The fraction of sp³-hybridized carbons (Fsp3) is 0.545. The molecular weight excluding hydrogens is 479 g/mol. The number of benzene rings is 1. The second-order valence-electron chi connectivity index (χ2n) is 7.86. The molecule has 0 unspecified atom stereocenters. The second kappa shape index (κ2) is 12.7. The van der Waals surface area contributed by atoms with Crippen LogP contribution in [-0.2, 0) is 12.0 Å². The lowest BCUT2D eigenvalue weighted by molar-refractivity contribution is 0.307. The van der Waals surface area contributed by atoms with Gasteiger partial charge in [-0.25, -0.2) is 9.98 Å². The molecule has 1 aromatic heterocycles. The van der Waals surface area contributed by atoms with E-state index in [-0.39, 0.29) is 29.4 Å². The van der Waals surface area contributed by atoms with Crippen molar-refractivity contribution >= 4 is 29.9 Å². The Morgan fingerprint density at radius 3 is 2.48 bits per heavy atom. The molecule has 1 aromatic carbocycles. The third kappa shape index (κ3) is 9.51. The van der Waals surface area contributed by atoms with Gasteiger partial charge in [0.15, 0.2) is 5.96 Å². The first-order valence-corrected chi connectivity index (χ1v) is 10.1. The predicted molar refractivity (Wildman–Crippen MR) is 129 cm³/mol. The lowest BCUT2D eigenvalue weighted by atomic mass is 9.94. The number of ether oxygens (including phenoxy) is 1. The van der Waals surface area contributed by atoms with Crippen LogP contribution in [-0.4, -0.2) is 30.6 Å². The first-order valence-electron chi connectivity index (χ1n) is 10.1. The molecule has 2 rings (SSSR count). The minimum Gasteiger partial charge on any atom is -0.494 e. The smallest absolute Gasteiger partial charge is 0.216 e. The number of hydrogen-bond donors (Lipinski definition) is 2. The van der Waals surface area contributed by atoms with Gasteiger partial charge >= 0.3 is 0 Å². The van der Waals surface area contributed by atoms with Gasteiger partial charge in [-0.15, -0.1) is 24.0 Å².